The summed E-state index contributed by atoms with van der Waals surface area (Å²) < 4.78 is 5.96. The summed E-state index contributed by atoms with van der Waals surface area (Å²) in [6, 6.07) is 17.6. The van der Waals surface area contributed by atoms with Gasteiger partial charge in [-0.1, -0.05) is 42.5 Å². The zero-order chi connectivity index (χ0) is 14.8. The fourth-order valence-corrected chi connectivity index (χ4v) is 3.59. The van der Waals surface area contributed by atoms with E-state index in [2.05, 4.69) is 12.1 Å². The van der Waals surface area contributed by atoms with Crippen LogP contribution in [0.4, 0.5) is 0 Å². The Morgan fingerprint density at radius 2 is 1.32 bits per heavy atom. The van der Waals surface area contributed by atoms with Gasteiger partial charge in [-0.05, 0) is 39.1 Å². The third-order valence-electron chi connectivity index (χ3n) is 4.46. The van der Waals surface area contributed by atoms with Crippen LogP contribution in [0.2, 0.25) is 0 Å². The lowest BCUT2D eigenvalue weighted by Gasteiger charge is -2.11. The minimum atomic E-state index is -1.51. The number of furan rings is 1. The molecule has 0 aliphatic heterocycles. The van der Waals surface area contributed by atoms with Gasteiger partial charge in [0.15, 0.2) is 0 Å². The summed E-state index contributed by atoms with van der Waals surface area (Å²) in [7, 11) is -1.51. The van der Waals surface area contributed by atoms with E-state index < -0.39 is 7.12 Å². The topological polar surface area (TPSA) is 53.6 Å². The summed E-state index contributed by atoms with van der Waals surface area (Å²) in [6.07, 6.45) is 0. The molecule has 0 saturated carbocycles. The molecular formula is C18H11BO3. The Kier molecular flexibility index (Phi) is 2.19. The highest BCUT2D eigenvalue weighted by atomic mass is 16.4. The average molecular weight is 286 g/mol. The van der Waals surface area contributed by atoms with Crippen molar-refractivity contribution in [1.29, 1.82) is 0 Å². The molecule has 2 N–H and O–H groups in total. The summed E-state index contributed by atoms with van der Waals surface area (Å²) in [5.74, 6) is 0. The molecule has 1 heterocycles. The normalized spacial score (nSPS) is 12.1. The van der Waals surface area contributed by atoms with Gasteiger partial charge in [-0.25, -0.2) is 0 Å². The Balaban J connectivity index is 2.25. The number of fused-ring (bicyclic) bond motifs is 3. The van der Waals surface area contributed by atoms with Gasteiger partial charge in [-0.3, -0.25) is 0 Å². The van der Waals surface area contributed by atoms with Crippen LogP contribution in [0.25, 0.3) is 43.5 Å². The molecule has 0 bridgehead atoms. The Morgan fingerprint density at radius 3 is 2.14 bits per heavy atom. The smallest absolute Gasteiger partial charge is 0.456 e. The first-order chi connectivity index (χ1) is 10.8. The van der Waals surface area contributed by atoms with Crippen molar-refractivity contribution in [2.24, 2.45) is 0 Å². The highest BCUT2D eigenvalue weighted by Gasteiger charge is 2.23. The van der Waals surface area contributed by atoms with Gasteiger partial charge in [0.1, 0.15) is 11.2 Å². The quantitative estimate of drug-likeness (QED) is 0.368. The molecule has 3 nitrogen and oxygen atoms in total. The second-order valence-electron chi connectivity index (χ2n) is 5.60. The second-order valence-corrected chi connectivity index (χ2v) is 5.60. The Morgan fingerprint density at radius 1 is 0.636 bits per heavy atom. The lowest BCUT2D eigenvalue weighted by Crippen LogP contribution is -2.30. The maximum atomic E-state index is 9.78. The molecule has 5 rings (SSSR count). The molecule has 0 radical (unpaired) electrons. The fourth-order valence-electron chi connectivity index (χ4n) is 3.59. The maximum absolute atomic E-state index is 9.78. The molecule has 104 valence electrons. The first-order valence-corrected chi connectivity index (χ1v) is 7.20. The van der Waals surface area contributed by atoms with Crippen LogP contribution in [0.3, 0.4) is 0 Å². The molecule has 0 unspecified atom stereocenters. The molecule has 1 aromatic heterocycles. The van der Waals surface area contributed by atoms with Gasteiger partial charge in [0.2, 0.25) is 0 Å². The van der Waals surface area contributed by atoms with E-state index in [1.165, 1.54) is 0 Å². The van der Waals surface area contributed by atoms with Gasteiger partial charge >= 0.3 is 7.12 Å². The lowest BCUT2D eigenvalue weighted by atomic mass is 9.75. The maximum Gasteiger partial charge on any atom is 0.489 e. The van der Waals surface area contributed by atoms with Crippen LogP contribution in [-0.2, 0) is 0 Å². The first kappa shape index (κ1) is 12.0. The third-order valence-corrected chi connectivity index (χ3v) is 4.46. The van der Waals surface area contributed by atoms with Crippen LogP contribution in [0.5, 0.6) is 0 Å². The van der Waals surface area contributed by atoms with Crippen molar-refractivity contribution in [3.05, 3.63) is 54.6 Å². The van der Waals surface area contributed by atoms with E-state index in [9.17, 15) is 10.0 Å². The molecule has 0 aliphatic carbocycles. The lowest BCUT2D eigenvalue weighted by molar-refractivity contribution is 0.426. The minimum absolute atomic E-state index is 0.511. The molecule has 5 aromatic rings. The Labute approximate surface area is 125 Å². The molecule has 0 spiro atoms. The molecule has 4 heteroatoms. The number of hydrogen-bond acceptors (Lipinski definition) is 3. The van der Waals surface area contributed by atoms with Crippen molar-refractivity contribution < 1.29 is 14.5 Å². The van der Waals surface area contributed by atoms with Gasteiger partial charge in [0.05, 0.1) is 0 Å². The largest absolute Gasteiger partial charge is 0.489 e. The van der Waals surface area contributed by atoms with Crippen LogP contribution < -0.4 is 5.46 Å². The zero-order valence-corrected chi connectivity index (χ0v) is 11.6. The highest BCUT2D eigenvalue weighted by Crippen LogP contribution is 2.41. The van der Waals surface area contributed by atoms with E-state index in [1.807, 2.05) is 36.4 Å². The van der Waals surface area contributed by atoms with Gasteiger partial charge in [-0.2, -0.15) is 0 Å². The predicted molar refractivity (Wildman–Crippen MR) is 89.7 cm³/mol. The van der Waals surface area contributed by atoms with Crippen LogP contribution in [0.15, 0.2) is 59.0 Å². The molecule has 22 heavy (non-hydrogen) atoms. The number of benzene rings is 4. The minimum Gasteiger partial charge on any atom is -0.456 e. The van der Waals surface area contributed by atoms with Crippen molar-refractivity contribution in [1.82, 2.24) is 0 Å². The van der Waals surface area contributed by atoms with Crippen molar-refractivity contribution in [3.63, 3.8) is 0 Å². The van der Waals surface area contributed by atoms with Crippen molar-refractivity contribution in [2.75, 3.05) is 0 Å². The molecule has 0 saturated heterocycles. The Bertz CT molecular complexity index is 1160. The monoisotopic (exact) mass is 286 g/mol. The fraction of sp³-hybridized carbons (Fsp3) is 0. The Hall–Kier alpha value is -2.56. The zero-order valence-electron chi connectivity index (χ0n) is 11.6. The van der Waals surface area contributed by atoms with Crippen LogP contribution in [0.1, 0.15) is 0 Å². The molecule has 0 fully saturated rings. The van der Waals surface area contributed by atoms with E-state index in [0.29, 0.717) is 5.46 Å². The van der Waals surface area contributed by atoms with E-state index in [1.54, 1.807) is 6.07 Å². The van der Waals surface area contributed by atoms with E-state index in [-0.39, 0.29) is 0 Å². The summed E-state index contributed by atoms with van der Waals surface area (Å²) >= 11 is 0. The van der Waals surface area contributed by atoms with Crippen LogP contribution in [-0.4, -0.2) is 17.2 Å². The summed E-state index contributed by atoms with van der Waals surface area (Å²) in [5, 5.41) is 25.7. The van der Waals surface area contributed by atoms with Gasteiger partial charge < -0.3 is 14.5 Å². The number of hydrogen-bond donors (Lipinski definition) is 2. The summed E-state index contributed by atoms with van der Waals surface area (Å²) in [6.45, 7) is 0. The van der Waals surface area contributed by atoms with Gasteiger partial charge in [0, 0.05) is 10.8 Å². The van der Waals surface area contributed by atoms with E-state index >= 15 is 0 Å². The number of rotatable bonds is 1. The van der Waals surface area contributed by atoms with E-state index in [4.69, 9.17) is 4.42 Å². The average Bonchev–Trinajstić information content (AvgIpc) is 2.92. The highest BCUT2D eigenvalue weighted by molar-refractivity contribution is 6.64. The molecular weight excluding hydrogens is 275 g/mol. The third kappa shape index (κ3) is 1.34. The van der Waals surface area contributed by atoms with Crippen molar-refractivity contribution >= 4 is 56.1 Å². The van der Waals surface area contributed by atoms with Crippen molar-refractivity contribution in [2.45, 2.75) is 0 Å². The van der Waals surface area contributed by atoms with E-state index in [0.717, 1.165) is 43.5 Å². The first-order valence-electron chi connectivity index (χ1n) is 7.20. The van der Waals surface area contributed by atoms with Crippen LogP contribution >= 0.6 is 0 Å². The van der Waals surface area contributed by atoms with Crippen LogP contribution in [0, 0.1) is 0 Å². The van der Waals surface area contributed by atoms with Gasteiger partial charge in [-0.15, -0.1) is 0 Å². The van der Waals surface area contributed by atoms with Gasteiger partial charge in [0.25, 0.3) is 0 Å². The molecule has 0 atom stereocenters. The molecule has 0 aliphatic rings. The predicted octanol–water partition coefficient (Wildman–Crippen LogP) is 3.01. The summed E-state index contributed by atoms with van der Waals surface area (Å²) in [4.78, 5) is 0. The second kappa shape index (κ2) is 4.00. The SMILES string of the molecule is OB(O)c1ccc2oc3cccc4c5ccccc5c1c2c34. The van der Waals surface area contributed by atoms with Crippen molar-refractivity contribution in [3.8, 4) is 0 Å². The molecule has 0 amide bonds. The molecule has 4 aromatic carbocycles. The standard InChI is InChI=1S/C18H11BO3/c20-19(21)13-8-9-15-18-16(13)11-5-2-1-4-10(11)12-6-3-7-14(22-15)17(12)18/h1-9,20-21H. The summed E-state index contributed by atoms with van der Waals surface area (Å²) in [5.41, 5.74) is 2.11.